The summed E-state index contributed by atoms with van der Waals surface area (Å²) in [6, 6.07) is 6.75. The molecule has 3 aromatic rings. The van der Waals surface area contributed by atoms with Crippen LogP contribution in [0.15, 0.2) is 36.7 Å². The van der Waals surface area contributed by atoms with Gasteiger partial charge in [0.25, 0.3) is 5.91 Å². The number of nitrogens with one attached hydrogen (secondary N) is 3. The summed E-state index contributed by atoms with van der Waals surface area (Å²) in [7, 11) is 0. The van der Waals surface area contributed by atoms with Crippen LogP contribution in [0.1, 0.15) is 28.5 Å². The molecule has 2 aromatic heterocycles. The van der Waals surface area contributed by atoms with Gasteiger partial charge >= 0.3 is 0 Å². The second kappa shape index (κ2) is 9.82. The molecule has 0 aliphatic carbocycles. The fourth-order valence-corrected chi connectivity index (χ4v) is 4.39. The maximum absolute atomic E-state index is 14.5. The first-order valence-corrected chi connectivity index (χ1v) is 11.5. The van der Waals surface area contributed by atoms with Crippen LogP contribution in [-0.4, -0.2) is 55.0 Å². The highest BCUT2D eigenvalue weighted by atomic mass is 19.1. The van der Waals surface area contributed by atoms with Crippen molar-refractivity contribution in [2.45, 2.75) is 25.9 Å². The Morgan fingerprint density at radius 2 is 2.21 bits per heavy atom. The lowest BCUT2D eigenvalue weighted by molar-refractivity contribution is -0.101. The van der Waals surface area contributed by atoms with Crippen molar-refractivity contribution in [1.29, 1.82) is 0 Å². The van der Waals surface area contributed by atoms with Crippen molar-refractivity contribution in [2.75, 3.05) is 38.3 Å². The van der Waals surface area contributed by atoms with Gasteiger partial charge in [0.1, 0.15) is 24.3 Å². The van der Waals surface area contributed by atoms with Crippen LogP contribution in [-0.2, 0) is 22.3 Å². The summed E-state index contributed by atoms with van der Waals surface area (Å²) in [6.07, 6.45) is 4.32. The highest BCUT2D eigenvalue weighted by Crippen LogP contribution is 2.41. The van der Waals surface area contributed by atoms with Gasteiger partial charge in [-0.15, -0.1) is 0 Å². The first kappa shape index (κ1) is 22.4. The fraction of sp³-hybridized carbons (Fsp3) is 0.360. The van der Waals surface area contributed by atoms with Crippen LogP contribution in [0.25, 0.3) is 11.3 Å². The van der Waals surface area contributed by atoms with E-state index in [1.54, 1.807) is 18.5 Å². The highest BCUT2D eigenvalue weighted by Gasteiger charge is 2.29. The lowest BCUT2D eigenvalue weighted by atomic mass is 10.0. The predicted octanol–water partition coefficient (Wildman–Crippen LogP) is 3.60. The number of aromatic nitrogens is 2. The molecule has 1 amide bonds. The number of aromatic amines is 1. The van der Waals surface area contributed by atoms with Crippen molar-refractivity contribution in [3.05, 3.63) is 59.3 Å². The molecule has 1 aromatic carbocycles. The topological polar surface area (TPSA) is 97.5 Å². The number of ether oxygens (including phenoxy) is 3. The van der Waals surface area contributed by atoms with E-state index in [2.05, 4.69) is 20.6 Å². The van der Waals surface area contributed by atoms with E-state index >= 15 is 0 Å². The molecule has 4 heterocycles. The Morgan fingerprint density at radius 3 is 3.03 bits per heavy atom. The number of hydrogen-bond donors (Lipinski definition) is 3. The van der Waals surface area contributed by atoms with Gasteiger partial charge in [-0.05, 0) is 24.6 Å². The minimum absolute atomic E-state index is 0.165. The molecule has 3 N–H and O–H groups in total. The van der Waals surface area contributed by atoms with Gasteiger partial charge in [-0.3, -0.25) is 9.78 Å². The molecule has 5 rings (SSSR count). The average molecular weight is 467 g/mol. The Labute approximate surface area is 196 Å². The lowest BCUT2D eigenvalue weighted by Gasteiger charge is -2.23. The molecule has 0 radical (unpaired) electrons. The second-order valence-electron chi connectivity index (χ2n) is 8.23. The standard InChI is InChI=1S/C25H27FN4O4/c1-2-16-18(26)4-3-5-19(16)29-24-22-20(7-9-28-25(22)31)30-23(24)17-6-8-27-12-21(17)34-14-15-13-32-10-11-33-15/h3-6,8,12,15,29-30H,2,7,9-11,13-14H2,1H3,(H,28,31)/t15-/m0/s1. The molecule has 9 heteroatoms. The second-order valence-corrected chi connectivity index (χ2v) is 8.23. The molecule has 1 fully saturated rings. The number of carbonyl (C=O) groups excluding carboxylic acids is 1. The minimum Gasteiger partial charge on any atom is -0.488 e. The van der Waals surface area contributed by atoms with E-state index in [-0.39, 0.29) is 17.8 Å². The molecule has 0 spiro atoms. The summed E-state index contributed by atoms with van der Waals surface area (Å²) < 4.78 is 31.7. The van der Waals surface area contributed by atoms with Crippen molar-refractivity contribution in [3.8, 4) is 17.0 Å². The highest BCUT2D eigenvalue weighted by molar-refractivity contribution is 6.06. The Morgan fingerprint density at radius 1 is 1.29 bits per heavy atom. The van der Waals surface area contributed by atoms with Gasteiger partial charge in [0, 0.05) is 41.7 Å². The van der Waals surface area contributed by atoms with E-state index in [1.807, 2.05) is 19.1 Å². The lowest BCUT2D eigenvalue weighted by Crippen LogP contribution is -2.33. The zero-order chi connectivity index (χ0) is 23.5. The maximum atomic E-state index is 14.5. The number of amides is 1. The molecule has 1 saturated heterocycles. The third-order valence-corrected chi connectivity index (χ3v) is 6.06. The normalized spacial score (nSPS) is 17.7. The van der Waals surface area contributed by atoms with Crippen molar-refractivity contribution in [1.82, 2.24) is 15.3 Å². The summed E-state index contributed by atoms with van der Waals surface area (Å²) in [5.74, 6) is 0.0872. The fourth-order valence-electron chi connectivity index (χ4n) is 4.39. The zero-order valence-electron chi connectivity index (χ0n) is 18.9. The molecule has 178 valence electrons. The number of H-pyrrole nitrogens is 1. The Bertz CT molecular complexity index is 1190. The van der Waals surface area contributed by atoms with Gasteiger partial charge in [-0.2, -0.15) is 0 Å². The SMILES string of the molecule is CCc1c(F)cccc1Nc1c(-c2ccncc2OC[C@@H]2COCCO2)[nH]c2c1C(=O)NCC2. The van der Waals surface area contributed by atoms with Crippen LogP contribution in [0.5, 0.6) is 5.75 Å². The van der Waals surface area contributed by atoms with E-state index in [1.165, 1.54) is 6.07 Å². The number of rotatable bonds is 7. The quantitative estimate of drug-likeness (QED) is 0.492. The van der Waals surface area contributed by atoms with E-state index in [0.717, 1.165) is 11.3 Å². The Kier molecular flexibility index (Phi) is 6.46. The maximum Gasteiger partial charge on any atom is 0.255 e. The van der Waals surface area contributed by atoms with Crippen LogP contribution in [0.4, 0.5) is 15.8 Å². The van der Waals surface area contributed by atoms with Gasteiger partial charge in [0.05, 0.1) is 43.0 Å². The first-order chi connectivity index (χ1) is 16.7. The van der Waals surface area contributed by atoms with Crippen molar-refractivity contribution >= 4 is 17.3 Å². The van der Waals surface area contributed by atoms with Crippen LogP contribution >= 0.6 is 0 Å². The summed E-state index contributed by atoms with van der Waals surface area (Å²) in [5.41, 5.74) is 4.54. The van der Waals surface area contributed by atoms with Crippen LogP contribution < -0.4 is 15.4 Å². The van der Waals surface area contributed by atoms with Crippen LogP contribution in [0.3, 0.4) is 0 Å². The third kappa shape index (κ3) is 4.36. The van der Waals surface area contributed by atoms with E-state index in [4.69, 9.17) is 14.2 Å². The molecule has 34 heavy (non-hydrogen) atoms. The number of halogens is 1. The van der Waals surface area contributed by atoms with E-state index in [9.17, 15) is 9.18 Å². The van der Waals surface area contributed by atoms with Gasteiger partial charge in [-0.25, -0.2) is 4.39 Å². The smallest absolute Gasteiger partial charge is 0.255 e. The molecule has 2 aliphatic heterocycles. The number of fused-ring (bicyclic) bond motifs is 1. The molecular formula is C25H27FN4O4. The number of carbonyl (C=O) groups is 1. The third-order valence-electron chi connectivity index (χ3n) is 6.06. The largest absolute Gasteiger partial charge is 0.488 e. The monoisotopic (exact) mass is 466 g/mol. The Hall–Kier alpha value is -3.43. The number of hydrogen-bond acceptors (Lipinski definition) is 6. The first-order valence-electron chi connectivity index (χ1n) is 11.5. The average Bonchev–Trinajstić information content (AvgIpc) is 3.23. The van der Waals surface area contributed by atoms with Gasteiger partial charge in [-0.1, -0.05) is 13.0 Å². The van der Waals surface area contributed by atoms with Gasteiger partial charge in [0.2, 0.25) is 0 Å². The van der Waals surface area contributed by atoms with Crippen LogP contribution in [0, 0.1) is 5.82 Å². The van der Waals surface area contributed by atoms with E-state index < -0.39 is 0 Å². The van der Waals surface area contributed by atoms with Crippen molar-refractivity contribution in [2.24, 2.45) is 0 Å². The zero-order valence-corrected chi connectivity index (χ0v) is 18.9. The number of benzene rings is 1. The number of nitrogens with zero attached hydrogens (tertiary/aromatic N) is 1. The molecule has 1 atom stereocenters. The molecule has 0 unspecified atom stereocenters. The number of anilines is 2. The summed E-state index contributed by atoms with van der Waals surface area (Å²) in [6.45, 7) is 4.35. The molecule has 0 bridgehead atoms. The van der Waals surface area contributed by atoms with Crippen molar-refractivity contribution < 1.29 is 23.4 Å². The summed E-state index contributed by atoms with van der Waals surface area (Å²) >= 11 is 0. The summed E-state index contributed by atoms with van der Waals surface area (Å²) in [5, 5.41) is 6.25. The number of pyridine rings is 1. The summed E-state index contributed by atoms with van der Waals surface area (Å²) in [4.78, 5) is 20.5. The van der Waals surface area contributed by atoms with Crippen LogP contribution in [0.2, 0.25) is 0 Å². The molecular weight excluding hydrogens is 439 g/mol. The van der Waals surface area contributed by atoms with E-state index in [0.29, 0.717) is 79.8 Å². The Balaban J connectivity index is 1.55. The minimum atomic E-state index is -0.287. The van der Waals surface area contributed by atoms with Gasteiger partial charge < -0.3 is 29.8 Å². The van der Waals surface area contributed by atoms with Gasteiger partial charge in [0.15, 0.2) is 0 Å². The van der Waals surface area contributed by atoms with Crippen molar-refractivity contribution in [3.63, 3.8) is 0 Å². The molecule has 0 saturated carbocycles. The molecule has 8 nitrogen and oxygen atoms in total. The molecule has 2 aliphatic rings. The predicted molar refractivity (Wildman–Crippen MR) is 125 cm³/mol.